The van der Waals surface area contributed by atoms with Crippen LogP contribution in [0.5, 0.6) is 5.75 Å². The average Bonchev–Trinajstić information content (AvgIpc) is 3.15. The Labute approximate surface area is 139 Å². The van der Waals surface area contributed by atoms with Gasteiger partial charge < -0.3 is 10.1 Å². The van der Waals surface area contributed by atoms with Gasteiger partial charge in [0, 0.05) is 17.5 Å². The molecule has 1 aromatic carbocycles. The van der Waals surface area contributed by atoms with Gasteiger partial charge in [-0.05, 0) is 68.7 Å². The van der Waals surface area contributed by atoms with Crippen molar-refractivity contribution in [2.45, 2.75) is 62.9 Å². The Morgan fingerprint density at radius 2 is 2.17 bits per heavy atom. The normalized spacial score (nSPS) is 41.0. The van der Waals surface area contributed by atoms with Crippen molar-refractivity contribution in [3.8, 4) is 5.75 Å². The van der Waals surface area contributed by atoms with Gasteiger partial charge in [-0.15, -0.1) is 0 Å². The number of ether oxygens (including phenoxy) is 1. The maximum atomic E-state index is 5.68. The Kier molecular flexibility index (Phi) is 2.87. The first kappa shape index (κ1) is 14.2. The third-order valence-electron chi connectivity index (χ3n) is 7.69. The molecule has 1 aliphatic carbocycles. The Morgan fingerprint density at radius 3 is 3.00 bits per heavy atom. The van der Waals surface area contributed by atoms with Gasteiger partial charge in [-0.1, -0.05) is 19.1 Å². The summed E-state index contributed by atoms with van der Waals surface area (Å²) in [5.74, 6) is 1.03. The molecule has 23 heavy (non-hydrogen) atoms. The summed E-state index contributed by atoms with van der Waals surface area (Å²) in [6, 6.07) is 8.02. The molecule has 0 bridgehead atoms. The van der Waals surface area contributed by atoms with Crippen molar-refractivity contribution in [1.29, 1.82) is 0 Å². The van der Waals surface area contributed by atoms with E-state index in [1.807, 2.05) is 0 Å². The van der Waals surface area contributed by atoms with E-state index in [1.165, 1.54) is 57.3 Å². The summed E-state index contributed by atoms with van der Waals surface area (Å²) in [6.45, 7) is 5.02. The van der Waals surface area contributed by atoms with Gasteiger partial charge in [-0.2, -0.15) is 0 Å². The predicted octanol–water partition coefficient (Wildman–Crippen LogP) is 3.79. The summed E-state index contributed by atoms with van der Waals surface area (Å²) >= 11 is 0. The van der Waals surface area contributed by atoms with E-state index in [1.54, 1.807) is 12.7 Å². The molecule has 5 rings (SSSR count). The second-order valence-electron chi connectivity index (χ2n) is 8.17. The van der Waals surface area contributed by atoms with E-state index in [-0.39, 0.29) is 0 Å². The summed E-state index contributed by atoms with van der Waals surface area (Å²) in [6.07, 6.45) is 8.18. The van der Waals surface area contributed by atoms with Crippen molar-refractivity contribution in [2.75, 3.05) is 25.5 Å². The Balaban J connectivity index is 1.71. The van der Waals surface area contributed by atoms with Crippen LogP contribution in [0.1, 0.15) is 51.0 Å². The fourth-order valence-electron chi connectivity index (χ4n) is 6.81. The molecule has 3 nitrogen and oxygen atoms in total. The fraction of sp³-hybridized carbons (Fsp3) is 0.700. The number of rotatable bonds is 2. The molecule has 3 heteroatoms. The van der Waals surface area contributed by atoms with E-state index < -0.39 is 0 Å². The maximum absolute atomic E-state index is 5.68. The van der Waals surface area contributed by atoms with Gasteiger partial charge in [-0.25, -0.2) is 0 Å². The molecule has 4 unspecified atom stereocenters. The fourth-order valence-corrected chi connectivity index (χ4v) is 6.81. The van der Waals surface area contributed by atoms with Crippen LogP contribution in [-0.2, 0) is 5.41 Å². The van der Waals surface area contributed by atoms with Crippen LogP contribution < -0.4 is 10.1 Å². The first-order chi connectivity index (χ1) is 11.2. The maximum Gasteiger partial charge on any atom is 0.142 e. The first-order valence-electron chi connectivity index (χ1n) is 9.43. The van der Waals surface area contributed by atoms with E-state index in [0.29, 0.717) is 16.9 Å². The van der Waals surface area contributed by atoms with Crippen LogP contribution in [0.15, 0.2) is 18.2 Å². The monoisotopic (exact) mass is 312 g/mol. The van der Waals surface area contributed by atoms with Gasteiger partial charge in [0.1, 0.15) is 5.75 Å². The lowest BCUT2D eigenvalue weighted by atomic mass is 9.52. The molecule has 1 spiro atoms. The van der Waals surface area contributed by atoms with E-state index in [9.17, 15) is 0 Å². The van der Waals surface area contributed by atoms with Crippen LogP contribution >= 0.6 is 0 Å². The van der Waals surface area contributed by atoms with E-state index >= 15 is 0 Å². The summed E-state index contributed by atoms with van der Waals surface area (Å²) in [4.78, 5) is 2.84. The largest absolute Gasteiger partial charge is 0.495 e. The lowest BCUT2D eigenvalue weighted by Gasteiger charge is -2.58. The molecule has 1 N–H and O–H groups in total. The molecule has 0 radical (unpaired) electrons. The number of benzene rings is 1. The van der Waals surface area contributed by atoms with Crippen LogP contribution in [0.25, 0.3) is 0 Å². The van der Waals surface area contributed by atoms with Crippen LogP contribution in [0, 0.1) is 5.41 Å². The third-order valence-corrected chi connectivity index (χ3v) is 7.69. The van der Waals surface area contributed by atoms with E-state index in [0.717, 1.165) is 11.8 Å². The van der Waals surface area contributed by atoms with E-state index in [4.69, 9.17) is 4.74 Å². The zero-order valence-corrected chi connectivity index (χ0v) is 14.4. The first-order valence-corrected chi connectivity index (χ1v) is 9.43. The molecular weight excluding hydrogens is 284 g/mol. The number of nitrogens with one attached hydrogen (secondary N) is 1. The molecule has 124 valence electrons. The van der Waals surface area contributed by atoms with Gasteiger partial charge >= 0.3 is 0 Å². The molecule has 3 heterocycles. The molecule has 0 aromatic heterocycles. The van der Waals surface area contributed by atoms with Crippen LogP contribution in [0.3, 0.4) is 0 Å². The smallest absolute Gasteiger partial charge is 0.142 e. The predicted molar refractivity (Wildman–Crippen MR) is 93.3 cm³/mol. The molecule has 1 aromatic rings. The lowest BCUT2D eigenvalue weighted by molar-refractivity contribution is -0.0309. The number of hydrogen-bond acceptors (Lipinski definition) is 3. The third kappa shape index (κ3) is 1.55. The Hall–Kier alpha value is -1.22. The minimum absolute atomic E-state index is 0.318. The molecule has 2 saturated heterocycles. The highest BCUT2D eigenvalue weighted by molar-refractivity contribution is 5.71. The standard InChI is InChI=1S/C20H28N2O/c1-3-19-9-5-12-22-13-11-20(18(19)22)14-6-4-7-15(23-2)17(14)21-16(20)8-10-19/h4,6-7,16,18,21H,3,5,8-13H2,1-2H3. The minimum Gasteiger partial charge on any atom is -0.495 e. The van der Waals surface area contributed by atoms with Crippen molar-refractivity contribution >= 4 is 5.69 Å². The lowest BCUT2D eigenvalue weighted by Crippen LogP contribution is -2.63. The Bertz CT molecular complexity index is 645. The number of anilines is 1. The van der Waals surface area contributed by atoms with Crippen molar-refractivity contribution in [3.05, 3.63) is 23.8 Å². The minimum atomic E-state index is 0.318. The van der Waals surface area contributed by atoms with Gasteiger partial charge in [0.25, 0.3) is 0 Å². The van der Waals surface area contributed by atoms with Crippen molar-refractivity contribution in [1.82, 2.24) is 4.90 Å². The highest BCUT2D eigenvalue weighted by atomic mass is 16.5. The zero-order chi connectivity index (χ0) is 15.7. The number of nitrogens with zero attached hydrogens (tertiary/aromatic N) is 1. The molecule has 0 amide bonds. The zero-order valence-electron chi connectivity index (χ0n) is 14.4. The number of piperidine rings is 1. The van der Waals surface area contributed by atoms with E-state index in [2.05, 4.69) is 35.3 Å². The molecule has 4 aliphatic rings. The van der Waals surface area contributed by atoms with Crippen LogP contribution in [-0.4, -0.2) is 37.2 Å². The quantitative estimate of drug-likeness (QED) is 0.899. The number of fused-ring (bicyclic) bond motifs is 1. The second-order valence-corrected chi connectivity index (χ2v) is 8.17. The molecule has 1 saturated carbocycles. The number of para-hydroxylation sites is 1. The molecular formula is C20H28N2O. The van der Waals surface area contributed by atoms with Crippen LogP contribution in [0.4, 0.5) is 5.69 Å². The summed E-state index contributed by atoms with van der Waals surface area (Å²) in [5.41, 5.74) is 3.70. The van der Waals surface area contributed by atoms with Crippen molar-refractivity contribution in [3.63, 3.8) is 0 Å². The van der Waals surface area contributed by atoms with Crippen molar-refractivity contribution in [2.24, 2.45) is 5.41 Å². The SMILES string of the molecule is CCC12CCCN3CCC4(c5cccc(OC)c5NC4CC1)C32. The number of hydrogen-bond donors (Lipinski definition) is 1. The topological polar surface area (TPSA) is 24.5 Å². The highest BCUT2D eigenvalue weighted by Crippen LogP contribution is 2.64. The summed E-state index contributed by atoms with van der Waals surface area (Å²) in [7, 11) is 1.80. The van der Waals surface area contributed by atoms with Crippen LogP contribution in [0.2, 0.25) is 0 Å². The average molecular weight is 312 g/mol. The summed E-state index contributed by atoms with van der Waals surface area (Å²) < 4.78 is 5.68. The molecule has 3 fully saturated rings. The summed E-state index contributed by atoms with van der Waals surface area (Å²) in [5, 5.41) is 3.90. The molecule has 4 atom stereocenters. The molecule has 3 aliphatic heterocycles. The van der Waals surface area contributed by atoms with Gasteiger partial charge in [0.05, 0.1) is 12.8 Å². The number of methoxy groups -OCH3 is 1. The Morgan fingerprint density at radius 1 is 1.26 bits per heavy atom. The van der Waals surface area contributed by atoms with Gasteiger partial charge in [0.2, 0.25) is 0 Å². The highest BCUT2D eigenvalue weighted by Gasteiger charge is 2.66. The van der Waals surface area contributed by atoms with Gasteiger partial charge in [0.15, 0.2) is 0 Å². The van der Waals surface area contributed by atoms with Crippen molar-refractivity contribution < 1.29 is 4.74 Å². The second kappa shape index (κ2) is 4.66. The van der Waals surface area contributed by atoms with Gasteiger partial charge in [-0.3, -0.25) is 4.90 Å².